The molecule has 2 unspecified atom stereocenters. The van der Waals surface area contributed by atoms with Gasteiger partial charge in [0.15, 0.2) is 23.2 Å². The van der Waals surface area contributed by atoms with E-state index in [2.05, 4.69) is 18.8 Å². The Balaban J connectivity index is 1.47. The summed E-state index contributed by atoms with van der Waals surface area (Å²) in [5, 5.41) is 35.8. The number of ether oxygens (including phenoxy) is 1. The highest BCUT2D eigenvalue weighted by atomic mass is 16.6. The number of Topliss-reactive ketones (excluding diaryl/α,β-unsaturated/α-hetero) is 1. The first-order valence-electron chi connectivity index (χ1n) is 13.0. The largest absolute Gasteiger partial charge is 0.450 e. The van der Waals surface area contributed by atoms with Crippen molar-refractivity contribution in [2.24, 2.45) is 34.5 Å². The molecule has 7 nitrogen and oxygen atoms in total. The zero-order chi connectivity index (χ0) is 26.5. The summed E-state index contributed by atoms with van der Waals surface area (Å²) in [6.45, 7) is 7.44. The fraction of sp³-hybridized carbons (Fsp3) is 0.500. The van der Waals surface area contributed by atoms with E-state index in [0.29, 0.717) is 17.4 Å². The number of hydrogen-bond donors (Lipinski definition) is 3. The Bertz CT molecular complexity index is 1390. The van der Waals surface area contributed by atoms with Crippen LogP contribution in [0, 0.1) is 34.5 Å². The summed E-state index contributed by atoms with van der Waals surface area (Å²) < 4.78 is 5.97. The summed E-state index contributed by atoms with van der Waals surface area (Å²) >= 11 is 0. The fourth-order valence-corrected chi connectivity index (χ4v) is 8.04. The second-order valence-corrected chi connectivity index (χ2v) is 12.0. The molecule has 0 saturated heterocycles. The molecule has 8 atom stereocenters. The number of nitrogens with zero attached hydrogens (tertiary/aromatic N) is 1. The lowest BCUT2D eigenvalue weighted by atomic mass is 9.59. The molecule has 2 saturated carbocycles. The fourth-order valence-electron chi connectivity index (χ4n) is 8.04. The van der Waals surface area contributed by atoms with Gasteiger partial charge in [-0.15, -0.1) is 0 Å². The van der Waals surface area contributed by atoms with Crippen LogP contribution in [0.1, 0.15) is 44.6 Å². The lowest BCUT2D eigenvalue weighted by Crippen LogP contribution is -2.65. The van der Waals surface area contributed by atoms with Gasteiger partial charge in [0.05, 0.1) is 12.0 Å². The highest BCUT2D eigenvalue weighted by Crippen LogP contribution is 2.71. The number of aliphatic hydroxyl groups is 3. The molecule has 3 N–H and O–H groups in total. The first kappa shape index (κ1) is 24.5. The van der Waals surface area contributed by atoms with Gasteiger partial charge in [0, 0.05) is 17.5 Å². The quantitative estimate of drug-likeness (QED) is 0.435. The molecule has 6 rings (SSSR count). The van der Waals surface area contributed by atoms with Gasteiger partial charge in [-0.1, -0.05) is 57.2 Å². The van der Waals surface area contributed by atoms with Gasteiger partial charge in [0.1, 0.15) is 6.10 Å². The Hall–Kier alpha value is -2.87. The first-order chi connectivity index (χ1) is 17.5. The van der Waals surface area contributed by atoms with Crippen molar-refractivity contribution in [3.63, 3.8) is 0 Å². The van der Waals surface area contributed by atoms with Crippen LogP contribution in [0.15, 0.2) is 59.8 Å². The molecule has 1 aromatic heterocycles. The Kier molecular flexibility index (Phi) is 5.17. The number of ketones is 1. The number of carbonyl (C=O) groups is 2. The molecule has 0 radical (unpaired) electrons. The van der Waals surface area contributed by atoms with Crippen molar-refractivity contribution in [3.8, 4) is 0 Å². The van der Waals surface area contributed by atoms with Crippen LogP contribution in [-0.4, -0.2) is 56.5 Å². The number of carbonyl (C=O) groups excluding carboxylic acids is 2. The highest BCUT2D eigenvalue weighted by molar-refractivity contribution is 6.03. The third kappa shape index (κ3) is 2.96. The van der Waals surface area contributed by atoms with Crippen LogP contribution in [0.2, 0.25) is 0 Å². The van der Waals surface area contributed by atoms with Crippen LogP contribution in [0.3, 0.4) is 0 Å². The second kappa shape index (κ2) is 7.82. The van der Waals surface area contributed by atoms with Gasteiger partial charge in [-0.25, -0.2) is 9.78 Å². The van der Waals surface area contributed by atoms with E-state index < -0.39 is 41.7 Å². The molecule has 2 fully saturated rings. The maximum absolute atomic E-state index is 14.4. The number of allylic oxidation sites excluding steroid dienone is 1. The molecule has 0 amide bonds. The van der Waals surface area contributed by atoms with Crippen LogP contribution in [0.5, 0.6) is 0 Å². The van der Waals surface area contributed by atoms with E-state index >= 15 is 0 Å². The normalized spacial score (nSPS) is 39.6. The van der Waals surface area contributed by atoms with E-state index in [1.807, 2.05) is 19.1 Å². The molecule has 2 bridgehead atoms. The Morgan fingerprint density at radius 1 is 1.22 bits per heavy atom. The zero-order valence-corrected chi connectivity index (χ0v) is 21.5. The first-order valence-corrected chi connectivity index (χ1v) is 13.0. The average molecular weight is 504 g/mol. The molecule has 4 aliphatic carbocycles. The zero-order valence-electron chi connectivity index (χ0n) is 21.5. The molecular formula is C30H33NO6. The van der Waals surface area contributed by atoms with E-state index in [0.717, 1.165) is 5.39 Å². The Morgan fingerprint density at radius 2 is 1.95 bits per heavy atom. The molecule has 0 aliphatic heterocycles. The number of rotatable bonds is 3. The van der Waals surface area contributed by atoms with E-state index in [1.54, 1.807) is 37.3 Å². The second-order valence-electron chi connectivity index (χ2n) is 12.0. The number of hydrogen-bond acceptors (Lipinski definition) is 7. The lowest BCUT2D eigenvalue weighted by molar-refractivity contribution is -0.190. The standard InChI is InChI=1S/C30H33NO6/c1-15-13-29-16(2)11-21-22(28(21,3)4)20(25(29)34)12-18(14-32)24(33)30(29,36)26(15)37-27(35)23-19-8-6-5-7-17(19)9-10-31-23/h5-10,12-13,16,20-22,24,26,32-33,36H,11,14H2,1-4H3/t16?,20-,21+,22-,24+,26-,29?,30-/m0/s1. The minimum Gasteiger partial charge on any atom is -0.450 e. The molecular weight excluding hydrogens is 470 g/mol. The van der Waals surface area contributed by atoms with Gasteiger partial charge in [-0.05, 0) is 59.1 Å². The summed E-state index contributed by atoms with van der Waals surface area (Å²) in [6, 6.07) is 9.09. The predicted molar refractivity (Wildman–Crippen MR) is 136 cm³/mol. The topological polar surface area (TPSA) is 117 Å². The Labute approximate surface area is 215 Å². The van der Waals surface area contributed by atoms with E-state index in [4.69, 9.17) is 4.74 Å². The average Bonchev–Trinajstić information content (AvgIpc) is 3.37. The smallest absolute Gasteiger partial charge is 0.358 e. The van der Waals surface area contributed by atoms with Gasteiger partial charge >= 0.3 is 5.97 Å². The van der Waals surface area contributed by atoms with Crippen LogP contribution < -0.4 is 0 Å². The maximum atomic E-state index is 14.4. The number of esters is 1. The SMILES string of the molecule is CC1=CC23C(=O)[C@@H](C=C(CO)[C@@H](O)[C@]2(O)[C@H]1OC(=O)c1nccc2ccccc12)[C@H]1[C@@H](CC3C)C1(C)C. The summed E-state index contributed by atoms with van der Waals surface area (Å²) in [7, 11) is 0. The molecule has 1 heterocycles. The summed E-state index contributed by atoms with van der Waals surface area (Å²) in [4.78, 5) is 32.2. The van der Waals surface area contributed by atoms with Crippen molar-refractivity contribution < 1.29 is 29.6 Å². The van der Waals surface area contributed by atoms with Gasteiger partial charge in [0.2, 0.25) is 0 Å². The van der Waals surface area contributed by atoms with Gasteiger partial charge in [0.25, 0.3) is 0 Å². The van der Waals surface area contributed by atoms with E-state index in [9.17, 15) is 24.9 Å². The summed E-state index contributed by atoms with van der Waals surface area (Å²) in [5.41, 5.74) is -2.90. The van der Waals surface area contributed by atoms with Gasteiger partial charge in [-0.2, -0.15) is 0 Å². The van der Waals surface area contributed by atoms with Crippen molar-refractivity contribution in [3.05, 3.63) is 65.5 Å². The molecule has 37 heavy (non-hydrogen) atoms. The van der Waals surface area contributed by atoms with Crippen molar-refractivity contribution in [2.45, 2.75) is 51.9 Å². The molecule has 194 valence electrons. The number of fused-ring (bicyclic) bond motifs is 4. The summed E-state index contributed by atoms with van der Waals surface area (Å²) in [5.74, 6) is -1.45. The minimum atomic E-state index is -2.17. The number of pyridine rings is 1. The third-order valence-corrected chi connectivity index (χ3v) is 9.99. The van der Waals surface area contributed by atoms with Crippen LogP contribution in [0.4, 0.5) is 0 Å². The van der Waals surface area contributed by atoms with Crippen molar-refractivity contribution in [1.29, 1.82) is 0 Å². The van der Waals surface area contributed by atoms with Crippen LogP contribution in [0.25, 0.3) is 10.8 Å². The van der Waals surface area contributed by atoms with Crippen LogP contribution in [-0.2, 0) is 9.53 Å². The maximum Gasteiger partial charge on any atom is 0.358 e. The number of aliphatic hydroxyl groups excluding tert-OH is 2. The molecule has 1 spiro atoms. The lowest BCUT2D eigenvalue weighted by Gasteiger charge is -2.48. The monoisotopic (exact) mass is 503 g/mol. The summed E-state index contributed by atoms with van der Waals surface area (Å²) in [6.07, 6.45) is 2.74. The van der Waals surface area contributed by atoms with E-state index in [-0.39, 0.29) is 40.2 Å². The third-order valence-electron chi connectivity index (χ3n) is 9.99. The molecule has 4 aliphatic rings. The highest BCUT2D eigenvalue weighted by Gasteiger charge is 2.76. The Morgan fingerprint density at radius 3 is 2.68 bits per heavy atom. The van der Waals surface area contributed by atoms with E-state index in [1.165, 1.54) is 6.20 Å². The number of aromatic nitrogens is 1. The predicted octanol–water partition coefficient (Wildman–Crippen LogP) is 3.23. The molecule has 2 aromatic rings. The van der Waals surface area contributed by atoms with Gasteiger partial charge in [-0.3, -0.25) is 4.79 Å². The van der Waals surface area contributed by atoms with Crippen LogP contribution >= 0.6 is 0 Å². The molecule has 1 aromatic carbocycles. The van der Waals surface area contributed by atoms with Crippen molar-refractivity contribution in [1.82, 2.24) is 4.98 Å². The van der Waals surface area contributed by atoms with Crippen molar-refractivity contribution in [2.75, 3.05) is 6.61 Å². The van der Waals surface area contributed by atoms with Crippen molar-refractivity contribution >= 4 is 22.5 Å². The number of benzene rings is 1. The van der Waals surface area contributed by atoms with Gasteiger partial charge < -0.3 is 20.1 Å². The minimum absolute atomic E-state index is 0.0517. The molecule has 7 heteroatoms.